The van der Waals surface area contributed by atoms with Crippen LogP contribution in [-0.2, 0) is 6.54 Å². The highest BCUT2D eigenvalue weighted by molar-refractivity contribution is 6.24. The second-order valence-electron chi connectivity index (χ2n) is 5.00. The number of nitrogens with zero attached hydrogens (tertiary/aromatic N) is 3. The van der Waals surface area contributed by atoms with Crippen LogP contribution >= 0.6 is 23.2 Å². The van der Waals surface area contributed by atoms with E-state index in [0.717, 1.165) is 19.3 Å². The van der Waals surface area contributed by atoms with Crippen LogP contribution in [-0.4, -0.2) is 24.7 Å². The highest BCUT2D eigenvalue weighted by atomic mass is 35.5. The van der Waals surface area contributed by atoms with Gasteiger partial charge < -0.3 is 0 Å². The van der Waals surface area contributed by atoms with E-state index in [1.54, 1.807) is 0 Å². The van der Waals surface area contributed by atoms with Crippen LogP contribution in [0.1, 0.15) is 38.3 Å². The van der Waals surface area contributed by atoms with Gasteiger partial charge in [-0.25, -0.2) is 23.5 Å². The van der Waals surface area contributed by atoms with Crippen molar-refractivity contribution in [2.75, 3.05) is 0 Å². The van der Waals surface area contributed by atoms with Crippen LogP contribution in [0, 0.1) is 0 Å². The van der Waals surface area contributed by atoms with Crippen molar-refractivity contribution >= 4 is 23.2 Å². The largest absolute Gasteiger partial charge is 0.347 e. The van der Waals surface area contributed by atoms with E-state index in [1.165, 1.54) is 13.9 Å². The maximum absolute atomic E-state index is 12.3. The van der Waals surface area contributed by atoms with E-state index >= 15 is 0 Å². The molecule has 0 spiro atoms. The van der Waals surface area contributed by atoms with Crippen LogP contribution in [0.5, 0.6) is 0 Å². The molecule has 2 aliphatic rings. The SMILES string of the molecule is CCCn1c(=O)n2n(c1=O)[C@@H]1C(Cl)[C@H]2CC[C@@H]1Cl. The molecule has 0 saturated heterocycles. The molecule has 0 aromatic carbocycles. The van der Waals surface area contributed by atoms with Crippen LogP contribution in [0.25, 0.3) is 0 Å². The number of rotatable bonds is 2. The number of fused-ring (bicyclic) bond motifs is 5. The number of hydrogen-bond acceptors (Lipinski definition) is 2. The Hall–Kier alpha value is -0.680. The summed E-state index contributed by atoms with van der Waals surface area (Å²) < 4.78 is 4.31. The van der Waals surface area contributed by atoms with Gasteiger partial charge in [0.2, 0.25) is 0 Å². The zero-order valence-corrected chi connectivity index (χ0v) is 11.6. The molecular weight excluding hydrogens is 277 g/mol. The Labute approximate surface area is 114 Å². The minimum atomic E-state index is -0.271. The molecule has 2 bridgehead atoms. The molecule has 18 heavy (non-hydrogen) atoms. The maximum atomic E-state index is 12.3. The number of aromatic nitrogens is 3. The molecule has 7 heteroatoms. The van der Waals surface area contributed by atoms with Gasteiger partial charge in [0.15, 0.2) is 0 Å². The lowest BCUT2D eigenvalue weighted by Gasteiger charge is -2.27. The van der Waals surface area contributed by atoms with Crippen LogP contribution in [0.15, 0.2) is 9.59 Å². The van der Waals surface area contributed by atoms with E-state index in [1.807, 2.05) is 6.92 Å². The summed E-state index contributed by atoms with van der Waals surface area (Å²) in [6.07, 6.45) is 2.30. The van der Waals surface area contributed by atoms with E-state index in [-0.39, 0.29) is 34.2 Å². The summed E-state index contributed by atoms with van der Waals surface area (Å²) in [4.78, 5) is 24.6. The first-order chi connectivity index (χ1) is 8.57. The first-order valence-corrected chi connectivity index (χ1v) is 7.17. The summed E-state index contributed by atoms with van der Waals surface area (Å²) in [6.45, 7) is 2.39. The highest BCUT2D eigenvalue weighted by Crippen LogP contribution is 2.45. The molecule has 1 saturated carbocycles. The van der Waals surface area contributed by atoms with E-state index < -0.39 is 0 Å². The fourth-order valence-electron chi connectivity index (χ4n) is 3.13. The van der Waals surface area contributed by atoms with E-state index in [0.29, 0.717) is 6.54 Å². The minimum Gasteiger partial charge on any atom is -0.246 e. The van der Waals surface area contributed by atoms with Gasteiger partial charge in [-0.05, 0) is 19.3 Å². The summed E-state index contributed by atoms with van der Waals surface area (Å²) in [7, 11) is 0. The van der Waals surface area contributed by atoms with E-state index in [4.69, 9.17) is 23.2 Å². The van der Waals surface area contributed by atoms with Crippen molar-refractivity contribution in [3.8, 4) is 0 Å². The summed E-state index contributed by atoms with van der Waals surface area (Å²) in [5, 5.41) is -0.426. The lowest BCUT2D eigenvalue weighted by molar-refractivity contribution is 0.377. The summed E-state index contributed by atoms with van der Waals surface area (Å²) in [5.41, 5.74) is -0.515. The zero-order valence-electron chi connectivity index (χ0n) is 10.1. The second-order valence-corrected chi connectivity index (χ2v) is 6.07. The standard InChI is InChI=1S/C11H15Cl2N3O2/c1-2-5-14-10(17)15-7-4-3-6(12)9(8(7)13)16(15)11(14)18/h6-9H,2-5H2,1H3/t6-,7+,8?,9-/m0/s1. The third-order valence-electron chi connectivity index (χ3n) is 3.93. The minimum absolute atomic E-state index is 0.0926. The molecule has 100 valence electrons. The van der Waals surface area contributed by atoms with Crippen LogP contribution in [0.3, 0.4) is 0 Å². The highest BCUT2D eigenvalue weighted by Gasteiger charge is 2.49. The molecule has 2 heterocycles. The summed E-state index contributed by atoms with van der Waals surface area (Å²) >= 11 is 12.6. The average Bonchev–Trinajstić information content (AvgIpc) is 2.67. The van der Waals surface area contributed by atoms with Crippen LogP contribution in [0.4, 0.5) is 0 Å². The lowest BCUT2D eigenvalue weighted by Crippen LogP contribution is -2.38. The molecule has 0 radical (unpaired) electrons. The second kappa shape index (κ2) is 4.17. The van der Waals surface area contributed by atoms with Gasteiger partial charge >= 0.3 is 11.4 Å². The predicted molar refractivity (Wildman–Crippen MR) is 69.8 cm³/mol. The lowest BCUT2D eigenvalue weighted by atomic mass is 9.92. The molecule has 0 amide bonds. The molecule has 1 aliphatic heterocycles. The number of halogens is 2. The van der Waals surface area contributed by atoms with Gasteiger partial charge in [-0.2, -0.15) is 0 Å². The van der Waals surface area contributed by atoms with Crippen molar-refractivity contribution in [1.82, 2.24) is 13.9 Å². The van der Waals surface area contributed by atoms with E-state index in [9.17, 15) is 9.59 Å². The molecule has 1 aromatic heterocycles. The number of alkyl halides is 2. The predicted octanol–water partition coefficient (Wildman–Crippen LogP) is 1.33. The first kappa shape index (κ1) is 12.4. The average molecular weight is 292 g/mol. The third-order valence-corrected chi connectivity index (χ3v) is 4.96. The normalized spacial score (nSPS) is 33.7. The zero-order chi connectivity index (χ0) is 13.0. The van der Waals surface area contributed by atoms with Crippen molar-refractivity contribution in [2.45, 2.75) is 55.6 Å². The van der Waals surface area contributed by atoms with Crippen molar-refractivity contribution in [2.24, 2.45) is 0 Å². The van der Waals surface area contributed by atoms with Crippen LogP contribution < -0.4 is 11.4 Å². The molecule has 1 aromatic rings. The van der Waals surface area contributed by atoms with Crippen LogP contribution in [0.2, 0.25) is 0 Å². The Morgan fingerprint density at radius 3 is 2.50 bits per heavy atom. The maximum Gasteiger partial charge on any atom is 0.347 e. The first-order valence-electron chi connectivity index (χ1n) is 6.30. The molecule has 0 N–H and O–H groups in total. The van der Waals surface area contributed by atoms with Crippen molar-refractivity contribution in [1.29, 1.82) is 0 Å². The summed E-state index contributed by atoms with van der Waals surface area (Å²) in [6, 6.07) is -0.352. The molecule has 4 atom stereocenters. The molecular formula is C11H15Cl2N3O2. The monoisotopic (exact) mass is 291 g/mol. The summed E-state index contributed by atoms with van der Waals surface area (Å²) in [5.74, 6) is 0. The smallest absolute Gasteiger partial charge is 0.246 e. The topological polar surface area (TPSA) is 48.9 Å². The number of hydrogen-bond donors (Lipinski definition) is 0. The van der Waals surface area contributed by atoms with Gasteiger partial charge in [0, 0.05) is 6.54 Å². The fraction of sp³-hybridized carbons (Fsp3) is 0.818. The van der Waals surface area contributed by atoms with Gasteiger partial charge in [0.25, 0.3) is 0 Å². The van der Waals surface area contributed by atoms with Gasteiger partial charge in [0.1, 0.15) is 0 Å². The van der Waals surface area contributed by atoms with Crippen molar-refractivity contribution < 1.29 is 0 Å². The quantitative estimate of drug-likeness (QED) is 0.772. The molecule has 1 aliphatic carbocycles. The van der Waals surface area contributed by atoms with Gasteiger partial charge in [-0.15, -0.1) is 23.2 Å². The third kappa shape index (κ3) is 1.40. The van der Waals surface area contributed by atoms with Gasteiger partial charge in [0.05, 0.1) is 22.8 Å². The van der Waals surface area contributed by atoms with Gasteiger partial charge in [-0.1, -0.05) is 6.92 Å². The Morgan fingerprint density at radius 1 is 1.17 bits per heavy atom. The Kier molecular flexibility index (Phi) is 2.86. The van der Waals surface area contributed by atoms with Crippen molar-refractivity contribution in [3.05, 3.63) is 21.0 Å². The molecule has 3 rings (SSSR count). The van der Waals surface area contributed by atoms with E-state index in [2.05, 4.69) is 0 Å². The Morgan fingerprint density at radius 2 is 1.83 bits per heavy atom. The fourth-order valence-corrected chi connectivity index (χ4v) is 4.11. The van der Waals surface area contributed by atoms with Crippen molar-refractivity contribution in [3.63, 3.8) is 0 Å². The Bertz CT molecular complexity index is 588. The Balaban J connectivity index is 2.23. The van der Waals surface area contributed by atoms with Gasteiger partial charge in [-0.3, -0.25) is 0 Å². The molecule has 5 nitrogen and oxygen atoms in total. The molecule has 1 unspecified atom stereocenters. The molecule has 1 fully saturated rings.